The van der Waals surface area contributed by atoms with Gasteiger partial charge in [-0.05, 0) is 72.5 Å². The van der Waals surface area contributed by atoms with E-state index in [0.717, 1.165) is 31.8 Å². The molecule has 0 fully saturated rings. The largest absolute Gasteiger partial charge is 0.486 e. The van der Waals surface area contributed by atoms with Crippen molar-refractivity contribution < 1.29 is 9.13 Å². The van der Waals surface area contributed by atoms with Gasteiger partial charge >= 0.3 is 0 Å². The van der Waals surface area contributed by atoms with Gasteiger partial charge < -0.3 is 4.74 Å². The van der Waals surface area contributed by atoms with Gasteiger partial charge in [0.25, 0.3) is 0 Å². The third-order valence-corrected chi connectivity index (χ3v) is 6.43. The van der Waals surface area contributed by atoms with Crippen LogP contribution in [-0.4, -0.2) is 4.98 Å². The van der Waals surface area contributed by atoms with E-state index in [9.17, 15) is 4.39 Å². The second kappa shape index (κ2) is 7.80. The van der Waals surface area contributed by atoms with Gasteiger partial charge in [-0.15, -0.1) is 22.7 Å². The van der Waals surface area contributed by atoms with Gasteiger partial charge in [0, 0.05) is 15.5 Å². The van der Waals surface area contributed by atoms with Crippen molar-refractivity contribution >= 4 is 34.3 Å². The van der Waals surface area contributed by atoms with Crippen LogP contribution >= 0.6 is 34.3 Å². The van der Waals surface area contributed by atoms with Gasteiger partial charge in [0.1, 0.15) is 23.2 Å². The number of rotatable bonds is 5. The van der Waals surface area contributed by atoms with E-state index in [-0.39, 0.29) is 5.82 Å². The maximum atomic E-state index is 13.3. The van der Waals surface area contributed by atoms with Crippen LogP contribution in [0.2, 0.25) is 5.02 Å². The van der Waals surface area contributed by atoms with Gasteiger partial charge in [-0.1, -0.05) is 11.6 Å². The normalized spacial score (nSPS) is 10.9. The smallest absolute Gasteiger partial charge is 0.140 e. The van der Waals surface area contributed by atoms with Gasteiger partial charge in [-0.3, -0.25) is 0 Å². The van der Waals surface area contributed by atoms with Crippen LogP contribution in [0.3, 0.4) is 0 Å². The fourth-order valence-corrected chi connectivity index (χ4v) is 4.77. The fraction of sp³-hybridized carbons (Fsp3) is 0.0952. The van der Waals surface area contributed by atoms with Gasteiger partial charge in [-0.2, -0.15) is 0 Å². The van der Waals surface area contributed by atoms with Crippen LogP contribution in [0.5, 0.6) is 5.75 Å². The minimum atomic E-state index is -0.256. The number of hydrogen-bond acceptors (Lipinski definition) is 4. The number of halogens is 2. The lowest BCUT2D eigenvalue weighted by molar-refractivity contribution is 0.305. The Hall–Kier alpha value is -2.21. The highest BCUT2D eigenvalue weighted by atomic mass is 35.5. The molecular formula is C21H15ClFNOS2. The molecule has 0 aliphatic rings. The number of benzene rings is 2. The standard InChI is InChI=1S/C21H15ClFNOS2/c1-13-10-18(26-12-13)21-20(14-2-6-16(23)7-3-14)24-19(27-21)11-25-17-8-4-15(22)5-9-17/h2-10,12H,11H2,1H3. The van der Waals surface area contributed by atoms with Gasteiger partial charge in [0.05, 0.1) is 10.6 Å². The molecule has 2 nitrogen and oxygen atoms in total. The summed E-state index contributed by atoms with van der Waals surface area (Å²) in [7, 11) is 0. The van der Waals surface area contributed by atoms with Gasteiger partial charge in [-0.25, -0.2) is 9.37 Å². The second-order valence-electron chi connectivity index (χ2n) is 6.02. The van der Waals surface area contributed by atoms with Crippen molar-refractivity contribution in [2.45, 2.75) is 13.5 Å². The van der Waals surface area contributed by atoms with Crippen LogP contribution < -0.4 is 4.74 Å². The molecule has 0 unspecified atom stereocenters. The van der Waals surface area contributed by atoms with E-state index in [2.05, 4.69) is 18.4 Å². The van der Waals surface area contributed by atoms with E-state index < -0.39 is 0 Å². The average molecular weight is 416 g/mol. The number of ether oxygens (including phenoxy) is 1. The SMILES string of the molecule is Cc1csc(-c2sc(COc3ccc(Cl)cc3)nc2-c2ccc(F)cc2)c1. The zero-order valence-corrected chi connectivity index (χ0v) is 16.8. The Kier molecular flexibility index (Phi) is 5.25. The zero-order valence-electron chi connectivity index (χ0n) is 14.4. The summed E-state index contributed by atoms with van der Waals surface area (Å²) >= 11 is 9.20. The highest BCUT2D eigenvalue weighted by Gasteiger charge is 2.17. The number of hydrogen-bond donors (Lipinski definition) is 0. The minimum Gasteiger partial charge on any atom is -0.486 e. The first-order chi connectivity index (χ1) is 13.1. The Bertz CT molecular complexity index is 1050. The molecule has 2 aromatic heterocycles. The molecule has 0 radical (unpaired) electrons. The highest BCUT2D eigenvalue weighted by molar-refractivity contribution is 7.21. The molecule has 2 heterocycles. The maximum Gasteiger partial charge on any atom is 0.140 e. The van der Waals surface area contributed by atoms with E-state index in [4.69, 9.17) is 21.3 Å². The molecule has 0 bridgehead atoms. The molecule has 4 rings (SSSR count). The van der Waals surface area contributed by atoms with Crippen molar-refractivity contribution in [1.82, 2.24) is 4.98 Å². The first-order valence-electron chi connectivity index (χ1n) is 8.28. The summed E-state index contributed by atoms with van der Waals surface area (Å²) in [5.41, 5.74) is 2.97. The van der Waals surface area contributed by atoms with Crippen molar-refractivity contribution in [2.75, 3.05) is 0 Å². The number of thiazole rings is 1. The molecular weight excluding hydrogens is 401 g/mol. The van der Waals surface area contributed by atoms with Crippen molar-refractivity contribution in [3.05, 3.63) is 81.4 Å². The molecule has 6 heteroatoms. The first-order valence-corrected chi connectivity index (χ1v) is 10.4. The van der Waals surface area contributed by atoms with E-state index in [1.165, 1.54) is 17.7 Å². The lowest BCUT2D eigenvalue weighted by atomic mass is 10.1. The summed E-state index contributed by atoms with van der Waals surface area (Å²) in [6.45, 7) is 2.44. The zero-order chi connectivity index (χ0) is 18.8. The lowest BCUT2D eigenvalue weighted by Crippen LogP contribution is -1.94. The highest BCUT2D eigenvalue weighted by Crippen LogP contribution is 2.40. The van der Waals surface area contributed by atoms with Crippen LogP contribution in [0.4, 0.5) is 4.39 Å². The van der Waals surface area contributed by atoms with E-state index in [1.54, 1.807) is 46.9 Å². The molecule has 0 atom stereocenters. The molecule has 27 heavy (non-hydrogen) atoms. The quantitative estimate of drug-likeness (QED) is 0.343. The summed E-state index contributed by atoms with van der Waals surface area (Å²) < 4.78 is 19.2. The molecule has 0 aliphatic carbocycles. The molecule has 136 valence electrons. The fourth-order valence-electron chi connectivity index (χ4n) is 2.62. The van der Waals surface area contributed by atoms with Crippen LogP contribution in [0.25, 0.3) is 21.0 Å². The molecule has 0 N–H and O–H groups in total. The third-order valence-electron chi connectivity index (χ3n) is 3.92. The topological polar surface area (TPSA) is 22.1 Å². The first kappa shape index (κ1) is 18.2. The van der Waals surface area contributed by atoms with Crippen LogP contribution in [0.15, 0.2) is 60.0 Å². The Morgan fingerprint density at radius 1 is 1.07 bits per heavy atom. The van der Waals surface area contributed by atoms with Crippen molar-refractivity contribution in [1.29, 1.82) is 0 Å². The van der Waals surface area contributed by atoms with Crippen LogP contribution in [-0.2, 0) is 6.61 Å². The summed E-state index contributed by atoms with van der Waals surface area (Å²) in [5, 5.41) is 3.66. The number of nitrogens with zero attached hydrogens (tertiary/aromatic N) is 1. The predicted molar refractivity (Wildman–Crippen MR) is 111 cm³/mol. The lowest BCUT2D eigenvalue weighted by Gasteiger charge is -2.03. The van der Waals surface area contributed by atoms with Crippen molar-refractivity contribution in [3.63, 3.8) is 0 Å². The average Bonchev–Trinajstić information content (AvgIpc) is 3.28. The maximum absolute atomic E-state index is 13.3. The van der Waals surface area contributed by atoms with E-state index in [1.807, 2.05) is 12.1 Å². The van der Waals surface area contributed by atoms with Gasteiger partial charge in [0.2, 0.25) is 0 Å². The number of aromatic nitrogens is 1. The van der Waals surface area contributed by atoms with E-state index in [0.29, 0.717) is 11.6 Å². The molecule has 0 saturated carbocycles. The van der Waals surface area contributed by atoms with Gasteiger partial charge in [0.15, 0.2) is 0 Å². The molecule has 0 aliphatic heterocycles. The second-order valence-corrected chi connectivity index (χ2v) is 8.45. The molecule has 0 saturated heterocycles. The number of aryl methyl sites for hydroxylation is 1. The summed E-state index contributed by atoms with van der Waals surface area (Å²) in [5.74, 6) is 0.486. The Morgan fingerprint density at radius 2 is 1.81 bits per heavy atom. The Balaban J connectivity index is 1.66. The van der Waals surface area contributed by atoms with Crippen LogP contribution in [0, 0.1) is 12.7 Å². The summed E-state index contributed by atoms with van der Waals surface area (Å²) in [4.78, 5) is 7.01. The Labute approximate surface area is 169 Å². The van der Waals surface area contributed by atoms with E-state index >= 15 is 0 Å². The Morgan fingerprint density at radius 3 is 2.48 bits per heavy atom. The number of thiophene rings is 1. The summed E-state index contributed by atoms with van der Waals surface area (Å²) in [6, 6.07) is 15.8. The summed E-state index contributed by atoms with van der Waals surface area (Å²) in [6.07, 6.45) is 0. The minimum absolute atomic E-state index is 0.256. The van der Waals surface area contributed by atoms with Crippen molar-refractivity contribution in [3.8, 4) is 26.8 Å². The third kappa shape index (κ3) is 4.21. The molecule has 0 amide bonds. The molecule has 0 spiro atoms. The van der Waals surface area contributed by atoms with Crippen molar-refractivity contribution in [2.24, 2.45) is 0 Å². The molecule has 2 aromatic carbocycles. The van der Waals surface area contributed by atoms with Crippen LogP contribution in [0.1, 0.15) is 10.6 Å². The molecule has 4 aromatic rings. The monoisotopic (exact) mass is 415 g/mol. The predicted octanol–water partition coefficient (Wildman–Crippen LogP) is 7.22.